The average molecular weight is 226 g/mol. The van der Waals surface area contributed by atoms with Crippen molar-refractivity contribution in [2.75, 3.05) is 6.61 Å². The number of nitrogens with two attached hydrogens (primary N) is 1. The van der Waals surface area contributed by atoms with Crippen molar-refractivity contribution >= 4 is 24.5 Å². The van der Waals surface area contributed by atoms with Gasteiger partial charge in [0, 0.05) is 0 Å². The predicted octanol–water partition coefficient (Wildman–Crippen LogP) is 1.09. The second-order valence-corrected chi connectivity index (χ2v) is 2.87. The van der Waals surface area contributed by atoms with E-state index in [-0.39, 0.29) is 24.9 Å². The van der Waals surface area contributed by atoms with E-state index >= 15 is 0 Å². The Bertz CT molecular complexity index is 196. The molecule has 0 rings (SSSR count). The van der Waals surface area contributed by atoms with Crippen molar-refractivity contribution in [1.82, 2.24) is 0 Å². The van der Waals surface area contributed by atoms with Crippen LogP contribution in [-0.2, 0) is 14.3 Å². The van der Waals surface area contributed by atoms with Gasteiger partial charge in [0.1, 0.15) is 6.04 Å². The first kappa shape index (κ1) is 15.7. The standard InChI is InChI=1S/C8H15NO4.ClH/c1-4-12-8(11)13-7(10)6(9)5(2)3;/h5-6H,4,9H2,1-3H3;1H/t6-;/m0./s1. The van der Waals surface area contributed by atoms with Crippen LogP contribution in [0.15, 0.2) is 0 Å². The van der Waals surface area contributed by atoms with Gasteiger partial charge in [-0.3, -0.25) is 0 Å². The minimum absolute atomic E-state index is 0. The molecule has 14 heavy (non-hydrogen) atoms. The van der Waals surface area contributed by atoms with Crippen LogP contribution in [0.25, 0.3) is 0 Å². The van der Waals surface area contributed by atoms with Gasteiger partial charge in [-0.05, 0) is 12.8 Å². The highest BCUT2D eigenvalue weighted by Crippen LogP contribution is 2.01. The van der Waals surface area contributed by atoms with Gasteiger partial charge in [0.15, 0.2) is 0 Å². The van der Waals surface area contributed by atoms with Crippen molar-refractivity contribution in [1.29, 1.82) is 0 Å². The van der Waals surface area contributed by atoms with Crippen LogP contribution >= 0.6 is 12.4 Å². The van der Waals surface area contributed by atoms with E-state index in [1.807, 2.05) is 0 Å². The van der Waals surface area contributed by atoms with E-state index in [1.165, 1.54) is 0 Å². The highest BCUT2D eigenvalue weighted by Gasteiger charge is 2.22. The summed E-state index contributed by atoms with van der Waals surface area (Å²) in [5, 5.41) is 0. The van der Waals surface area contributed by atoms with Crippen LogP contribution < -0.4 is 5.73 Å². The van der Waals surface area contributed by atoms with Crippen LogP contribution in [0.5, 0.6) is 0 Å². The van der Waals surface area contributed by atoms with Gasteiger partial charge in [-0.2, -0.15) is 0 Å². The van der Waals surface area contributed by atoms with E-state index < -0.39 is 18.2 Å². The molecule has 84 valence electrons. The highest BCUT2D eigenvalue weighted by atomic mass is 35.5. The van der Waals surface area contributed by atoms with E-state index in [9.17, 15) is 9.59 Å². The summed E-state index contributed by atoms with van der Waals surface area (Å²) >= 11 is 0. The molecule has 0 aliphatic heterocycles. The van der Waals surface area contributed by atoms with Crippen LogP contribution in [0.3, 0.4) is 0 Å². The summed E-state index contributed by atoms with van der Waals surface area (Å²) in [4.78, 5) is 21.7. The summed E-state index contributed by atoms with van der Waals surface area (Å²) in [5.41, 5.74) is 5.42. The monoisotopic (exact) mass is 225 g/mol. The molecule has 0 heterocycles. The Morgan fingerprint density at radius 1 is 1.36 bits per heavy atom. The van der Waals surface area contributed by atoms with Crippen LogP contribution in [0.2, 0.25) is 0 Å². The maximum absolute atomic E-state index is 11.0. The topological polar surface area (TPSA) is 78.6 Å². The van der Waals surface area contributed by atoms with Crippen molar-refractivity contribution in [3.05, 3.63) is 0 Å². The van der Waals surface area contributed by atoms with Crippen molar-refractivity contribution in [3.8, 4) is 0 Å². The van der Waals surface area contributed by atoms with Gasteiger partial charge in [0.25, 0.3) is 0 Å². The summed E-state index contributed by atoms with van der Waals surface area (Å²) in [6.45, 7) is 5.31. The second-order valence-electron chi connectivity index (χ2n) is 2.87. The van der Waals surface area contributed by atoms with Crippen molar-refractivity contribution in [3.63, 3.8) is 0 Å². The van der Waals surface area contributed by atoms with Gasteiger partial charge >= 0.3 is 12.1 Å². The Balaban J connectivity index is 0. The van der Waals surface area contributed by atoms with E-state index in [0.29, 0.717) is 0 Å². The zero-order chi connectivity index (χ0) is 10.4. The number of hydrogen-bond donors (Lipinski definition) is 1. The maximum Gasteiger partial charge on any atom is 0.516 e. The molecule has 1 atom stereocenters. The number of carbonyl (C=O) groups is 2. The van der Waals surface area contributed by atoms with Crippen LogP contribution in [0.4, 0.5) is 4.79 Å². The molecule has 0 saturated carbocycles. The minimum Gasteiger partial charge on any atom is -0.434 e. The van der Waals surface area contributed by atoms with Gasteiger partial charge in [0.2, 0.25) is 0 Å². The molecule has 0 unspecified atom stereocenters. The number of halogens is 1. The molecular formula is C8H16ClNO4. The molecule has 2 N–H and O–H groups in total. The Morgan fingerprint density at radius 3 is 2.21 bits per heavy atom. The number of carbonyl (C=O) groups excluding carboxylic acids is 2. The predicted molar refractivity (Wildman–Crippen MR) is 53.2 cm³/mol. The quantitative estimate of drug-likeness (QED) is 0.575. The lowest BCUT2D eigenvalue weighted by atomic mass is 10.1. The summed E-state index contributed by atoms with van der Waals surface area (Å²) in [6, 6.07) is -0.788. The fourth-order valence-electron chi connectivity index (χ4n) is 0.570. The largest absolute Gasteiger partial charge is 0.516 e. The summed E-state index contributed by atoms with van der Waals surface area (Å²) in [7, 11) is 0. The molecule has 0 aromatic heterocycles. The van der Waals surface area contributed by atoms with E-state index in [0.717, 1.165) is 0 Å². The fourth-order valence-corrected chi connectivity index (χ4v) is 0.570. The molecule has 0 radical (unpaired) electrons. The zero-order valence-corrected chi connectivity index (χ0v) is 9.30. The van der Waals surface area contributed by atoms with E-state index in [4.69, 9.17) is 5.73 Å². The van der Waals surface area contributed by atoms with Crippen LogP contribution in [0, 0.1) is 5.92 Å². The summed E-state index contributed by atoms with van der Waals surface area (Å²) < 4.78 is 8.69. The van der Waals surface area contributed by atoms with Crippen LogP contribution in [0.1, 0.15) is 20.8 Å². The zero-order valence-electron chi connectivity index (χ0n) is 8.48. The SMILES string of the molecule is CCOC(=O)OC(=O)[C@@H](N)C(C)C.Cl. The lowest BCUT2D eigenvalue weighted by Gasteiger charge is -2.12. The minimum atomic E-state index is -0.997. The number of esters is 1. The molecule has 0 saturated heterocycles. The number of rotatable bonds is 3. The molecule has 0 fully saturated rings. The third-order valence-corrected chi connectivity index (χ3v) is 1.44. The molecule has 6 heteroatoms. The molecule has 0 aromatic carbocycles. The van der Waals surface area contributed by atoms with Gasteiger partial charge in [0.05, 0.1) is 6.61 Å². The Morgan fingerprint density at radius 2 is 1.86 bits per heavy atom. The van der Waals surface area contributed by atoms with Gasteiger partial charge in [-0.1, -0.05) is 13.8 Å². The van der Waals surface area contributed by atoms with E-state index in [1.54, 1.807) is 20.8 Å². The van der Waals surface area contributed by atoms with E-state index in [2.05, 4.69) is 9.47 Å². The lowest BCUT2D eigenvalue weighted by molar-refractivity contribution is -0.142. The third kappa shape index (κ3) is 5.77. The summed E-state index contributed by atoms with van der Waals surface area (Å²) in [5.74, 6) is -0.824. The first-order valence-electron chi connectivity index (χ1n) is 4.13. The Kier molecular flexibility index (Phi) is 8.48. The molecule has 0 aliphatic carbocycles. The van der Waals surface area contributed by atoms with Crippen molar-refractivity contribution < 1.29 is 19.1 Å². The maximum atomic E-state index is 11.0. The Labute approximate surface area is 89.3 Å². The van der Waals surface area contributed by atoms with Gasteiger partial charge in [-0.15, -0.1) is 12.4 Å². The molecule has 5 nitrogen and oxygen atoms in total. The fraction of sp³-hybridized carbons (Fsp3) is 0.750. The molecule has 0 spiro atoms. The van der Waals surface area contributed by atoms with Gasteiger partial charge < -0.3 is 15.2 Å². The first-order chi connectivity index (χ1) is 5.99. The first-order valence-corrected chi connectivity index (χ1v) is 4.13. The number of ether oxygens (including phenoxy) is 2. The number of hydrogen-bond acceptors (Lipinski definition) is 5. The highest BCUT2D eigenvalue weighted by molar-refractivity contribution is 5.85. The normalized spacial score (nSPS) is 11.5. The Hall–Kier alpha value is -0.810. The lowest BCUT2D eigenvalue weighted by Crippen LogP contribution is -2.38. The van der Waals surface area contributed by atoms with Crippen molar-refractivity contribution in [2.24, 2.45) is 11.7 Å². The van der Waals surface area contributed by atoms with Crippen molar-refractivity contribution in [2.45, 2.75) is 26.8 Å². The molecule has 0 bridgehead atoms. The molecular weight excluding hydrogens is 210 g/mol. The molecule has 0 aliphatic rings. The average Bonchev–Trinajstić information content (AvgIpc) is 2.03. The summed E-state index contributed by atoms with van der Waals surface area (Å²) in [6.07, 6.45) is -0.997. The smallest absolute Gasteiger partial charge is 0.434 e. The van der Waals surface area contributed by atoms with Crippen LogP contribution in [-0.4, -0.2) is 24.8 Å². The van der Waals surface area contributed by atoms with Gasteiger partial charge in [-0.25, -0.2) is 9.59 Å². The molecule has 0 amide bonds. The third-order valence-electron chi connectivity index (χ3n) is 1.44. The second kappa shape index (κ2) is 7.58. The molecule has 0 aromatic rings.